The summed E-state index contributed by atoms with van der Waals surface area (Å²) < 4.78 is 5.40. The van der Waals surface area contributed by atoms with Gasteiger partial charge in [-0.15, -0.1) is 0 Å². The van der Waals surface area contributed by atoms with E-state index >= 15 is 0 Å². The average Bonchev–Trinajstić information content (AvgIpc) is 3.04. The number of hydrogen-bond acceptors (Lipinski definition) is 5. The third-order valence-corrected chi connectivity index (χ3v) is 5.57. The number of anilines is 3. The van der Waals surface area contributed by atoms with Crippen LogP contribution < -0.4 is 20.3 Å². The molecule has 34 heavy (non-hydrogen) atoms. The zero-order valence-electron chi connectivity index (χ0n) is 18.6. The third-order valence-electron chi connectivity index (χ3n) is 5.22. The lowest BCUT2D eigenvalue weighted by Gasteiger charge is -2.16. The van der Waals surface area contributed by atoms with Crippen molar-refractivity contribution in [3.05, 3.63) is 94.7 Å². The number of amides is 3. The third kappa shape index (κ3) is 4.65. The summed E-state index contributed by atoms with van der Waals surface area (Å²) in [6.07, 6.45) is 0. The molecule has 0 aromatic heterocycles. The van der Waals surface area contributed by atoms with Crippen LogP contribution in [-0.4, -0.2) is 24.3 Å². The molecule has 1 aliphatic heterocycles. The van der Waals surface area contributed by atoms with Crippen LogP contribution in [0.5, 0.6) is 5.75 Å². The molecule has 0 bridgehead atoms. The van der Waals surface area contributed by atoms with Gasteiger partial charge in [-0.05, 0) is 67.9 Å². The molecule has 0 saturated heterocycles. The first kappa shape index (κ1) is 23.1. The van der Waals surface area contributed by atoms with Crippen molar-refractivity contribution in [2.24, 2.45) is 0 Å². The summed E-state index contributed by atoms with van der Waals surface area (Å²) in [7, 11) is 0. The summed E-state index contributed by atoms with van der Waals surface area (Å²) in [6, 6.07) is 20.6. The van der Waals surface area contributed by atoms with Crippen LogP contribution in [-0.2, 0) is 9.59 Å². The van der Waals surface area contributed by atoms with E-state index in [2.05, 4.69) is 10.6 Å². The lowest BCUT2D eigenvalue weighted by atomic mass is 10.1. The highest BCUT2D eigenvalue weighted by Gasteiger charge is 2.39. The Morgan fingerprint density at radius 3 is 2.41 bits per heavy atom. The van der Waals surface area contributed by atoms with Gasteiger partial charge in [0.25, 0.3) is 17.7 Å². The van der Waals surface area contributed by atoms with E-state index in [1.54, 1.807) is 48.5 Å². The number of para-hydroxylation sites is 1. The fraction of sp³-hybridized carbons (Fsp3) is 0.115. The first-order chi connectivity index (χ1) is 16.4. The normalized spacial score (nSPS) is 13.3. The first-order valence-corrected chi connectivity index (χ1v) is 11.0. The van der Waals surface area contributed by atoms with E-state index in [1.807, 2.05) is 38.1 Å². The van der Waals surface area contributed by atoms with E-state index in [-0.39, 0.29) is 16.6 Å². The van der Waals surface area contributed by atoms with Gasteiger partial charge >= 0.3 is 0 Å². The smallest absolute Gasteiger partial charge is 0.283 e. The Labute approximate surface area is 202 Å². The van der Waals surface area contributed by atoms with E-state index in [9.17, 15) is 14.4 Å². The zero-order valence-corrected chi connectivity index (χ0v) is 19.3. The van der Waals surface area contributed by atoms with Crippen molar-refractivity contribution in [2.45, 2.75) is 13.8 Å². The number of carbonyl (C=O) groups excluding carboxylic acids is 3. The minimum atomic E-state index is -0.633. The molecule has 172 valence electrons. The summed E-state index contributed by atoms with van der Waals surface area (Å²) in [4.78, 5) is 39.5. The fourth-order valence-electron chi connectivity index (χ4n) is 3.49. The highest BCUT2D eigenvalue weighted by Crippen LogP contribution is 2.31. The molecule has 0 spiro atoms. The second kappa shape index (κ2) is 9.80. The van der Waals surface area contributed by atoms with Gasteiger partial charge in [-0.25, -0.2) is 4.90 Å². The molecule has 3 amide bonds. The molecule has 3 aromatic rings. The molecular weight excluding hydrogens is 454 g/mol. The summed E-state index contributed by atoms with van der Waals surface area (Å²) in [6.45, 7) is 4.27. The molecule has 1 aliphatic rings. The molecule has 8 heteroatoms. The van der Waals surface area contributed by atoms with E-state index in [0.717, 1.165) is 10.5 Å². The van der Waals surface area contributed by atoms with E-state index in [4.69, 9.17) is 16.3 Å². The van der Waals surface area contributed by atoms with Gasteiger partial charge < -0.3 is 15.4 Å². The van der Waals surface area contributed by atoms with Crippen LogP contribution in [0.15, 0.2) is 83.5 Å². The lowest BCUT2D eigenvalue weighted by molar-refractivity contribution is -0.120. The van der Waals surface area contributed by atoms with Crippen molar-refractivity contribution in [3.8, 4) is 5.75 Å². The van der Waals surface area contributed by atoms with Crippen molar-refractivity contribution in [1.29, 1.82) is 0 Å². The molecule has 0 saturated carbocycles. The highest BCUT2D eigenvalue weighted by atomic mass is 35.5. The number of nitrogens with zero attached hydrogens (tertiary/aromatic N) is 1. The van der Waals surface area contributed by atoms with Crippen LogP contribution in [0.2, 0.25) is 0 Å². The van der Waals surface area contributed by atoms with Crippen molar-refractivity contribution < 1.29 is 19.1 Å². The SMILES string of the molecule is CCOc1ccc(N2C(=O)C(Cl)=C(Nc3cccc(C(=O)Nc4ccccc4C)c3)C2=O)cc1. The fourth-order valence-corrected chi connectivity index (χ4v) is 3.71. The van der Waals surface area contributed by atoms with Crippen LogP contribution in [0.1, 0.15) is 22.8 Å². The Bertz CT molecular complexity index is 1300. The highest BCUT2D eigenvalue weighted by molar-refractivity contribution is 6.53. The number of carbonyl (C=O) groups is 3. The van der Waals surface area contributed by atoms with Crippen molar-refractivity contribution in [2.75, 3.05) is 22.1 Å². The Kier molecular flexibility index (Phi) is 6.65. The number of nitrogens with one attached hydrogen (secondary N) is 2. The largest absolute Gasteiger partial charge is 0.494 e. The van der Waals surface area contributed by atoms with E-state index < -0.39 is 11.8 Å². The van der Waals surface area contributed by atoms with Gasteiger partial charge in [0.2, 0.25) is 0 Å². The van der Waals surface area contributed by atoms with Crippen LogP contribution in [0, 0.1) is 6.92 Å². The molecule has 4 rings (SSSR count). The van der Waals surface area contributed by atoms with Crippen molar-refractivity contribution in [1.82, 2.24) is 0 Å². The van der Waals surface area contributed by atoms with Gasteiger partial charge in [-0.2, -0.15) is 0 Å². The van der Waals surface area contributed by atoms with Gasteiger partial charge in [0, 0.05) is 16.9 Å². The standard InChI is InChI=1S/C26H22ClN3O4/c1-3-34-20-13-11-19(12-14-20)30-25(32)22(27)23(26(30)33)28-18-9-6-8-17(15-18)24(31)29-21-10-5-4-7-16(21)2/h4-15,28H,3H2,1-2H3,(H,29,31). The van der Waals surface area contributed by atoms with Gasteiger partial charge in [0.1, 0.15) is 16.5 Å². The van der Waals surface area contributed by atoms with Gasteiger partial charge in [-0.1, -0.05) is 35.9 Å². The van der Waals surface area contributed by atoms with E-state index in [0.29, 0.717) is 35.0 Å². The lowest BCUT2D eigenvalue weighted by Crippen LogP contribution is -2.32. The number of hydrogen-bond donors (Lipinski definition) is 2. The molecule has 1 heterocycles. The zero-order chi connectivity index (χ0) is 24.2. The van der Waals surface area contributed by atoms with Gasteiger partial charge in [0.15, 0.2) is 0 Å². The maximum atomic E-state index is 13.0. The summed E-state index contributed by atoms with van der Waals surface area (Å²) in [5, 5.41) is 5.55. The molecule has 3 aromatic carbocycles. The predicted molar refractivity (Wildman–Crippen MR) is 132 cm³/mol. The average molecular weight is 476 g/mol. The molecule has 0 fully saturated rings. The molecule has 0 radical (unpaired) electrons. The molecule has 0 aliphatic carbocycles. The first-order valence-electron chi connectivity index (χ1n) is 10.6. The number of halogens is 1. The maximum absolute atomic E-state index is 13.0. The predicted octanol–water partition coefficient (Wildman–Crippen LogP) is 5.08. The number of rotatable bonds is 7. The molecule has 0 atom stereocenters. The molecule has 7 nitrogen and oxygen atoms in total. The number of benzene rings is 3. The van der Waals surface area contributed by atoms with Crippen molar-refractivity contribution >= 4 is 46.4 Å². The molecular formula is C26H22ClN3O4. The minimum Gasteiger partial charge on any atom is -0.494 e. The monoisotopic (exact) mass is 475 g/mol. The van der Waals surface area contributed by atoms with Crippen molar-refractivity contribution in [3.63, 3.8) is 0 Å². The Morgan fingerprint density at radius 2 is 1.71 bits per heavy atom. The second-order valence-corrected chi connectivity index (χ2v) is 7.91. The maximum Gasteiger partial charge on any atom is 0.283 e. The Hall–Kier alpha value is -4.10. The molecule has 2 N–H and O–H groups in total. The van der Waals surface area contributed by atoms with Crippen LogP contribution in [0.4, 0.5) is 17.1 Å². The number of ether oxygens (including phenoxy) is 1. The van der Waals surface area contributed by atoms with Crippen LogP contribution >= 0.6 is 11.6 Å². The minimum absolute atomic E-state index is 0.0583. The summed E-state index contributed by atoms with van der Waals surface area (Å²) >= 11 is 6.23. The topological polar surface area (TPSA) is 87.7 Å². The van der Waals surface area contributed by atoms with Crippen LogP contribution in [0.25, 0.3) is 0 Å². The second-order valence-electron chi connectivity index (χ2n) is 7.54. The van der Waals surface area contributed by atoms with Gasteiger partial charge in [-0.3, -0.25) is 14.4 Å². The Balaban J connectivity index is 1.52. The number of aryl methyl sites for hydroxylation is 1. The quantitative estimate of drug-likeness (QED) is 0.465. The van der Waals surface area contributed by atoms with E-state index in [1.165, 1.54) is 0 Å². The molecule has 0 unspecified atom stereocenters. The summed E-state index contributed by atoms with van der Waals surface area (Å²) in [5.41, 5.74) is 2.79. The Morgan fingerprint density at radius 1 is 0.971 bits per heavy atom. The van der Waals surface area contributed by atoms with Crippen LogP contribution in [0.3, 0.4) is 0 Å². The van der Waals surface area contributed by atoms with Gasteiger partial charge in [0.05, 0.1) is 12.3 Å². The summed E-state index contributed by atoms with van der Waals surface area (Å²) in [5.74, 6) is -0.896. The number of imide groups is 1.